The van der Waals surface area contributed by atoms with Gasteiger partial charge in [-0.15, -0.1) is 5.10 Å². The third-order valence-corrected chi connectivity index (χ3v) is 8.21. The standard InChI is InChI=1S/C32H33BN7/c1-2-3-7-23-8-10-24(11-9-23)27-22-38(36-35-27)31-19-17-29-32(25-12-14-26(34)15-13-25)28-16-18-30(39(28)33-40(29)31)37-20-5-4-6-21-37/h8-19,22,34H,2-7,20-21H2,1H3/p+1. The number of nitrogen functional groups attached to an aromatic ring is 1. The van der Waals surface area contributed by atoms with Gasteiger partial charge in [0.15, 0.2) is 0 Å². The lowest BCUT2D eigenvalue weighted by atomic mass is 9.91. The lowest BCUT2D eigenvalue weighted by Crippen LogP contribution is -2.43. The number of anilines is 1. The molecule has 4 aromatic rings. The minimum atomic E-state index is 0.765. The molecule has 0 spiro atoms. The van der Waals surface area contributed by atoms with Gasteiger partial charge in [-0.05, 0) is 73.6 Å². The molecular weight excluding hydrogens is 493 g/mol. The van der Waals surface area contributed by atoms with Gasteiger partial charge in [0.1, 0.15) is 17.2 Å². The Labute approximate surface area is 236 Å². The van der Waals surface area contributed by atoms with E-state index < -0.39 is 0 Å². The third kappa shape index (κ3) is 4.37. The van der Waals surface area contributed by atoms with Gasteiger partial charge in [0.25, 0.3) is 5.84 Å². The van der Waals surface area contributed by atoms with Crippen LogP contribution in [0.3, 0.4) is 0 Å². The number of piperidine rings is 1. The molecule has 199 valence electrons. The minimum Gasteiger partial charge on any atom is -0.399 e. The molecule has 1 saturated heterocycles. The second-order valence-corrected chi connectivity index (χ2v) is 10.9. The first-order valence-corrected chi connectivity index (χ1v) is 14.5. The van der Waals surface area contributed by atoms with Gasteiger partial charge in [-0.2, -0.15) is 0 Å². The van der Waals surface area contributed by atoms with Gasteiger partial charge in [0.2, 0.25) is 0 Å². The molecule has 0 saturated carbocycles. The van der Waals surface area contributed by atoms with Crippen LogP contribution in [0, 0.1) is 0 Å². The largest absolute Gasteiger partial charge is 0.553 e. The maximum atomic E-state index is 6.06. The first-order valence-electron chi connectivity index (χ1n) is 14.5. The van der Waals surface area contributed by atoms with E-state index in [4.69, 9.17) is 5.73 Å². The second-order valence-electron chi connectivity index (χ2n) is 10.9. The van der Waals surface area contributed by atoms with Crippen LogP contribution in [0.5, 0.6) is 0 Å². The quantitative estimate of drug-likeness (QED) is 0.211. The fourth-order valence-electron chi connectivity index (χ4n) is 6.02. The van der Waals surface area contributed by atoms with E-state index in [1.54, 1.807) is 0 Å². The molecule has 0 atom stereocenters. The van der Waals surface area contributed by atoms with Gasteiger partial charge in [-0.25, -0.2) is 4.68 Å². The normalized spacial score (nSPS) is 16.4. The van der Waals surface area contributed by atoms with Crippen molar-refractivity contribution >= 4 is 24.6 Å². The Bertz CT molecular complexity index is 1630. The van der Waals surface area contributed by atoms with Crippen LogP contribution in [0.15, 0.2) is 84.7 Å². The molecule has 3 aliphatic rings. The highest BCUT2D eigenvalue weighted by atomic mass is 15.5. The van der Waals surface area contributed by atoms with E-state index in [0.29, 0.717) is 0 Å². The SMILES string of the molecule is CCCCc1ccc(-c2cn(-c3ccc4n3[B]N3C(=C4c4ccc(N)cc4)C=CC3=[N+]3CCCCC3)nn2)cc1. The Morgan fingerprint density at radius 3 is 2.45 bits per heavy atom. The number of benzene rings is 2. The van der Waals surface area contributed by atoms with Gasteiger partial charge in [-0.3, -0.25) is 9.39 Å². The highest BCUT2D eigenvalue weighted by Gasteiger charge is 2.40. The Kier molecular flexibility index (Phi) is 6.38. The summed E-state index contributed by atoms with van der Waals surface area (Å²) in [5.41, 5.74) is 14.8. The van der Waals surface area contributed by atoms with Gasteiger partial charge in [0, 0.05) is 28.6 Å². The molecule has 2 aromatic heterocycles. The van der Waals surface area contributed by atoms with Crippen molar-refractivity contribution in [1.29, 1.82) is 0 Å². The maximum Gasteiger partial charge on any atom is 0.553 e. The molecule has 3 aliphatic heterocycles. The van der Waals surface area contributed by atoms with E-state index in [2.05, 4.69) is 99.3 Å². The van der Waals surface area contributed by atoms with E-state index in [0.717, 1.165) is 53.5 Å². The molecule has 0 aliphatic carbocycles. The summed E-state index contributed by atoms with van der Waals surface area (Å²) < 4.78 is 6.63. The van der Waals surface area contributed by atoms with Crippen molar-refractivity contribution in [2.75, 3.05) is 18.8 Å². The molecule has 0 unspecified atom stereocenters. The Hall–Kier alpha value is -4.33. The topological polar surface area (TPSA) is 67.9 Å². The van der Waals surface area contributed by atoms with Crippen LogP contribution < -0.4 is 5.73 Å². The molecule has 2 aromatic carbocycles. The Morgan fingerprint density at radius 1 is 0.900 bits per heavy atom. The molecule has 1 radical (unpaired) electrons. The maximum absolute atomic E-state index is 6.06. The van der Waals surface area contributed by atoms with Crippen molar-refractivity contribution in [3.8, 4) is 17.1 Å². The molecule has 7 nitrogen and oxygen atoms in total. The van der Waals surface area contributed by atoms with Crippen LogP contribution in [0.2, 0.25) is 0 Å². The first kappa shape index (κ1) is 24.7. The van der Waals surface area contributed by atoms with E-state index in [9.17, 15) is 0 Å². The highest BCUT2D eigenvalue weighted by Crippen LogP contribution is 2.37. The van der Waals surface area contributed by atoms with Crippen molar-refractivity contribution in [2.45, 2.75) is 45.4 Å². The number of allylic oxidation sites excluding steroid dienone is 1. The van der Waals surface area contributed by atoms with Crippen LogP contribution in [0.4, 0.5) is 5.69 Å². The number of fused-ring (bicyclic) bond motifs is 2. The number of rotatable bonds is 6. The lowest BCUT2D eigenvalue weighted by molar-refractivity contribution is -0.539. The lowest BCUT2D eigenvalue weighted by Gasteiger charge is -2.27. The molecule has 1 fully saturated rings. The molecule has 8 heteroatoms. The molecule has 40 heavy (non-hydrogen) atoms. The van der Waals surface area contributed by atoms with Crippen molar-refractivity contribution in [3.05, 3.63) is 102 Å². The summed E-state index contributed by atoms with van der Waals surface area (Å²) in [6, 6.07) is 21.2. The number of hydrogen-bond acceptors (Lipinski definition) is 3. The average molecular weight is 527 g/mol. The Balaban J connectivity index is 1.28. The fraction of sp³-hybridized carbons (Fsp3) is 0.281. The zero-order valence-electron chi connectivity index (χ0n) is 23.0. The van der Waals surface area contributed by atoms with E-state index in [1.807, 2.05) is 23.0 Å². The van der Waals surface area contributed by atoms with Crippen molar-refractivity contribution in [1.82, 2.24) is 24.3 Å². The van der Waals surface area contributed by atoms with Crippen LogP contribution in [0.1, 0.15) is 55.8 Å². The Morgan fingerprint density at radius 2 is 1.68 bits per heavy atom. The fourth-order valence-corrected chi connectivity index (χ4v) is 6.02. The highest BCUT2D eigenvalue weighted by molar-refractivity contribution is 6.40. The molecule has 7 rings (SSSR count). The summed E-state index contributed by atoms with van der Waals surface area (Å²) >= 11 is 0. The molecule has 2 N–H and O–H groups in total. The number of amidine groups is 1. The molecular formula is C32H34BN7+. The number of unbranched alkanes of at least 4 members (excludes halogenated alkanes) is 1. The number of hydrogen-bond donors (Lipinski definition) is 1. The summed E-state index contributed by atoms with van der Waals surface area (Å²) in [5, 5.41) is 9.11. The van der Waals surface area contributed by atoms with Gasteiger partial charge in [0.05, 0.1) is 19.3 Å². The summed E-state index contributed by atoms with van der Waals surface area (Å²) in [7, 11) is 2.20. The smallest absolute Gasteiger partial charge is 0.399 e. The van der Waals surface area contributed by atoms with Crippen LogP contribution in [-0.4, -0.2) is 55.3 Å². The number of aryl methyl sites for hydroxylation is 1. The molecule has 5 heterocycles. The van der Waals surface area contributed by atoms with Gasteiger partial charge in [-0.1, -0.05) is 55.0 Å². The van der Waals surface area contributed by atoms with Crippen molar-refractivity contribution in [2.24, 2.45) is 0 Å². The van der Waals surface area contributed by atoms with Gasteiger partial charge < -0.3 is 10.2 Å². The molecule has 0 amide bonds. The zero-order chi connectivity index (χ0) is 27.1. The monoisotopic (exact) mass is 527 g/mol. The zero-order valence-corrected chi connectivity index (χ0v) is 23.0. The second kappa shape index (κ2) is 10.3. The van der Waals surface area contributed by atoms with E-state index in [-0.39, 0.29) is 0 Å². The van der Waals surface area contributed by atoms with Crippen LogP contribution in [0.25, 0.3) is 22.6 Å². The third-order valence-electron chi connectivity index (χ3n) is 8.21. The average Bonchev–Trinajstić information content (AvgIpc) is 3.75. The summed E-state index contributed by atoms with van der Waals surface area (Å²) in [6.45, 7) is 4.40. The predicted octanol–water partition coefficient (Wildman–Crippen LogP) is 5.28. The van der Waals surface area contributed by atoms with Crippen LogP contribution in [-0.2, 0) is 6.42 Å². The van der Waals surface area contributed by atoms with Crippen LogP contribution >= 0.6 is 0 Å². The summed E-state index contributed by atoms with van der Waals surface area (Å²) in [5.74, 6) is 2.18. The first-order chi connectivity index (χ1) is 19.7. The predicted molar refractivity (Wildman–Crippen MR) is 161 cm³/mol. The summed E-state index contributed by atoms with van der Waals surface area (Å²) in [4.78, 5) is 2.33. The summed E-state index contributed by atoms with van der Waals surface area (Å²) in [6.07, 6.45) is 13.8. The number of aromatic nitrogens is 4. The number of nitrogens with zero attached hydrogens (tertiary/aromatic N) is 6. The van der Waals surface area contributed by atoms with Crippen molar-refractivity contribution in [3.63, 3.8) is 0 Å². The molecule has 0 bridgehead atoms. The van der Waals surface area contributed by atoms with E-state index >= 15 is 0 Å². The van der Waals surface area contributed by atoms with Crippen molar-refractivity contribution < 1.29 is 4.58 Å². The minimum absolute atomic E-state index is 0.765. The van der Waals surface area contributed by atoms with Gasteiger partial charge >= 0.3 is 7.55 Å². The van der Waals surface area contributed by atoms with E-state index in [1.165, 1.54) is 54.8 Å². The number of nitrogens with two attached hydrogens (primary N) is 1.